The zero-order valence-electron chi connectivity index (χ0n) is 9.91. The lowest BCUT2D eigenvalue weighted by atomic mass is 10.3. The van der Waals surface area contributed by atoms with Gasteiger partial charge in [0, 0.05) is 12.2 Å². The Balaban J connectivity index is 0. The van der Waals surface area contributed by atoms with E-state index in [1.165, 1.54) is 14.2 Å². The minimum atomic E-state index is -1.08. The van der Waals surface area contributed by atoms with Gasteiger partial charge < -0.3 is 19.7 Å². The molecule has 0 atom stereocenters. The van der Waals surface area contributed by atoms with Gasteiger partial charge in [-0.15, -0.1) is 0 Å². The predicted octanol–water partition coefficient (Wildman–Crippen LogP) is -0.176. The molecule has 0 unspecified atom stereocenters. The highest BCUT2D eigenvalue weighted by atomic mass is 16.5. The van der Waals surface area contributed by atoms with Crippen LogP contribution in [0.3, 0.4) is 0 Å². The molecule has 0 heterocycles. The standard InChI is InChI=1S/C6H8O4.C4H6O4/c1-9-5(7)3-4-6(8)10-2;5-3(6)1-2-4(7)8/h3-4H,1-2H3;1-2H2,(H,5,6)(H,7,8)/b4-3+;. The molecule has 0 spiro atoms. The van der Waals surface area contributed by atoms with E-state index in [1.54, 1.807) is 0 Å². The van der Waals surface area contributed by atoms with Crippen molar-refractivity contribution in [3.05, 3.63) is 12.2 Å². The minimum absolute atomic E-state index is 0.296. The molecule has 0 saturated carbocycles. The zero-order chi connectivity index (χ0) is 14.6. The van der Waals surface area contributed by atoms with Gasteiger partial charge in [-0.25, -0.2) is 9.59 Å². The highest BCUT2D eigenvalue weighted by Crippen LogP contribution is 1.86. The number of ether oxygens (including phenoxy) is 2. The maximum absolute atomic E-state index is 10.3. The summed E-state index contributed by atoms with van der Waals surface area (Å²) in [5.74, 6) is -3.31. The van der Waals surface area contributed by atoms with Gasteiger partial charge >= 0.3 is 23.9 Å². The molecule has 8 nitrogen and oxygen atoms in total. The largest absolute Gasteiger partial charge is 0.481 e. The van der Waals surface area contributed by atoms with Crippen LogP contribution in [0.4, 0.5) is 0 Å². The van der Waals surface area contributed by atoms with Crippen molar-refractivity contribution in [1.29, 1.82) is 0 Å². The lowest BCUT2D eigenvalue weighted by Crippen LogP contribution is -2.00. The molecule has 0 bridgehead atoms. The molecule has 0 radical (unpaired) electrons. The molecule has 0 rings (SSSR count). The van der Waals surface area contributed by atoms with Crippen LogP contribution in [0.1, 0.15) is 12.8 Å². The number of carbonyl (C=O) groups is 4. The molecule has 0 aliphatic rings. The van der Waals surface area contributed by atoms with Crippen LogP contribution in [0.5, 0.6) is 0 Å². The number of hydrogen-bond acceptors (Lipinski definition) is 6. The first-order valence-electron chi connectivity index (χ1n) is 4.61. The van der Waals surface area contributed by atoms with Crippen molar-refractivity contribution >= 4 is 23.9 Å². The topological polar surface area (TPSA) is 127 Å². The number of carboxylic acids is 2. The number of methoxy groups -OCH3 is 2. The summed E-state index contributed by atoms with van der Waals surface area (Å²) in [7, 11) is 2.45. The second kappa shape index (κ2) is 11.1. The van der Waals surface area contributed by atoms with Crippen LogP contribution in [-0.4, -0.2) is 48.3 Å². The Morgan fingerprint density at radius 3 is 1.28 bits per heavy atom. The Hall–Kier alpha value is -2.38. The van der Waals surface area contributed by atoms with Crippen molar-refractivity contribution in [2.75, 3.05) is 14.2 Å². The lowest BCUT2D eigenvalue weighted by Gasteiger charge is -1.89. The van der Waals surface area contributed by atoms with E-state index in [2.05, 4.69) is 9.47 Å². The number of hydrogen-bond donors (Lipinski definition) is 2. The zero-order valence-corrected chi connectivity index (χ0v) is 9.91. The van der Waals surface area contributed by atoms with E-state index in [4.69, 9.17) is 10.2 Å². The molecular weight excluding hydrogens is 248 g/mol. The molecule has 0 saturated heterocycles. The van der Waals surface area contributed by atoms with Crippen molar-refractivity contribution in [2.24, 2.45) is 0 Å². The van der Waals surface area contributed by atoms with Crippen LogP contribution < -0.4 is 0 Å². The van der Waals surface area contributed by atoms with Gasteiger partial charge in [-0.3, -0.25) is 9.59 Å². The summed E-state index contributed by atoms with van der Waals surface area (Å²) in [5.41, 5.74) is 0. The quantitative estimate of drug-likeness (QED) is 0.516. The second-order valence-electron chi connectivity index (χ2n) is 2.67. The Bertz CT molecular complexity index is 299. The molecular formula is C10H14O8. The summed E-state index contributed by atoms with van der Waals surface area (Å²) in [6, 6.07) is 0. The summed E-state index contributed by atoms with van der Waals surface area (Å²) in [5, 5.41) is 15.8. The van der Waals surface area contributed by atoms with E-state index >= 15 is 0 Å². The van der Waals surface area contributed by atoms with Gasteiger partial charge in [-0.1, -0.05) is 0 Å². The van der Waals surface area contributed by atoms with Crippen LogP contribution >= 0.6 is 0 Å². The fourth-order valence-electron chi connectivity index (χ4n) is 0.486. The van der Waals surface area contributed by atoms with Gasteiger partial charge in [0.15, 0.2) is 0 Å². The molecule has 0 fully saturated rings. The number of carbonyl (C=O) groups excluding carboxylic acids is 2. The maximum Gasteiger partial charge on any atom is 0.330 e. The highest BCUT2D eigenvalue weighted by Gasteiger charge is 2.00. The van der Waals surface area contributed by atoms with E-state index in [1.807, 2.05) is 0 Å². The molecule has 0 aromatic heterocycles. The van der Waals surface area contributed by atoms with E-state index in [9.17, 15) is 19.2 Å². The van der Waals surface area contributed by atoms with Gasteiger partial charge in [0.05, 0.1) is 27.1 Å². The lowest BCUT2D eigenvalue weighted by molar-refractivity contribution is -0.143. The first kappa shape index (κ1) is 18.0. The monoisotopic (exact) mass is 262 g/mol. The van der Waals surface area contributed by atoms with E-state index in [-0.39, 0.29) is 12.8 Å². The number of carboxylic acid groups (broad SMARTS) is 2. The molecule has 8 heteroatoms. The highest BCUT2D eigenvalue weighted by molar-refractivity contribution is 5.91. The van der Waals surface area contributed by atoms with Crippen LogP contribution in [0.2, 0.25) is 0 Å². The summed E-state index contributed by atoms with van der Waals surface area (Å²) in [6.07, 6.45) is 1.39. The van der Waals surface area contributed by atoms with Crippen molar-refractivity contribution in [2.45, 2.75) is 12.8 Å². The Morgan fingerprint density at radius 1 is 0.833 bits per heavy atom. The van der Waals surface area contributed by atoms with Gasteiger partial charge in [0.2, 0.25) is 0 Å². The van der Waals surface area contributed by atoms with Crippen molar-refractivity contribution in [3.63, 3.8) is 0 Å². The smallest absolute Gasteiger partial charge is 0.330 e. The van der Waals surface area contributed by atoms with Crippen molar-refractivity contribution < 1.29 is 38.9 Å². The Morgan fingerprint density at radius 2 is 1.11 bits per heavy atom. The molecule has 0 amide bonds. The molecule has 0 aromatic rings. The fourth-order valence-corrected chi connectivity index (χ4v) is 0.486. The molecule has 2 N–H and O–H groups in total. The number of aliphatic carboxylic acids is 2. The Kier molecular flexibility index (Phi) is 11.1. The number of esters is 2. The third kappa shape index (κ3) is 16.1. The number of rotatable bonds is 5. The summed E-state index contributed by atoms with van der Waals surface area (Å²) in [6.45, 7) is 0. The summed E-state index contributed by atoms with van der Waals surface area (Å²) < 4.78 is 8.42. The van der Waals surface area contributed by atoms with Crippen LogP contribution in [-0.2, 0) is 28.7 Å². The summed E-state index contributed by atoms with van der Waals surface area (Å²) >= 11 is 0. The van der Waals surface area contributed by atoms with E-state index in [0.717, 1.165) is 12.2 Å². The first-order valence-corrected chi connectivity index (χ1v) is 4.61. The van der Waals surface area contributed by atoms with Gasteiger partial charge in [-0.05, 0) is 0 Å². The van der Waals surface area contributed by atoms with Crippen molar-refractivity contribution in [1.82, 2.24) is 0 Å². The molecule has 102 valence electrons. The summed E-state index contributed by atoms with van der Waals surface area (Å²) in [4.78, 5) is 39.9. The fraction of sp³-hybridized carbons (Fsp3) is 0.400. The molecule has 0 aromatic carbocycles. The van der Waals surface area contributed by atoms with E-state index in [0.29, 0.717) is 0 Å². The second-order valence-corrected chi connectivity index (χ2v) is 2.67. The maximum atomic E-state index is 10.3. The minimum Gasteiger partial charge on any atom is -0.481 e. The third-order valence-electron chi connectivity index (χ3n) is 1.31. The van der Waals surface area contributed by atoms with Crippen LogP contribution in [0.25, 0.3) is 0 Å². The predicted molar refractivity (Wildman–Crippen MR) is 57.7 cm³/mol. The average Bonchev–Trinajstić information content (AvgIpc) is 2.33. The van der Waals surface area contributed by atoms with Crippen LogP contribution in [0, 0.1) is 0 Å². The molecule has 0 aliphatic carbocycles. The SMILES string of the molecule is COC(=O)/C=C/C(=O)OC.O=C(O)CCC(=O)O. The van der Waals surface area contributed by atoms with Crippen LogP contribution in [0.15, 0.2) is 12.2 Å². The average molecular weight is 262 g/mol. The Labute approximate surface area is 103 Å². The van der Waals surface area contributed by atoms with Crippen molar-refractivity contribution in [3.8, 4) is 0 Å². The van der Waals surface area contributed by atoms with Gasteiger partial charge in [0.25, 0.3) is 0 Å². The van der Waals surface area contributed by atoms with Gasteiger partial charge in [-0.2, -0.15) is 0 Å². The van der Waals surface area contributed by atoms with Gasteiger partial charge in [0.1, 0.15) is 0 Å². The van der Waals surface area contributed by atoms with E-state index < -0.39 is 23.9 Å². The molecule has 18 heavy (non-hydrogen) atoms. The third-order valence-corrected chi connectivity index (χ3v) is 1.31. The normalized spacial score (nSPS) is 9.00. The molecule has 0 aliphatic heterocycles. The first-order chi connectivity index (χ1) is 8.33.